The number of carbonyl (C=O) groups is 1. The lowest BCUT2D eigenvalue weighted by Gasteiger charge is -2.17. The normalized spacial score (nSPS) is 12.5. The minimum absolute atomic E-state index is 0.00907. The Morgan fingerprint density at radius 2 is 1.83 bits per heavy atom. The molecule has 158 valence electrons. The molecule has 0 fully saturated rings. The maximum atomic E-state index is 13.6. The number of carboxylic acid groups (broad SMARTS) is 1. The van der Waals surface area contributed by atoms with Gasteiger partial charge >= 0.3 is 5.97 Å². The maximum Gasteiger partial charge on any atom is 0.338 e. The zero-order valence-corrected chi connectivity index (χ0v) is 17.4. The van der Waals surface area contributed by atoms with Crippen molar-refractivity contribution < 1.29 is 27.4 Å². The molecule has 0 aromatic heterocycles. The summed E-state index contributed by atoms with van der Waals surface area (Å²) >= 11 is 0. The van der Waals surface area contributed by atoms with Gasteiger partial charge in [-0.2, -0.15) is 0 Å². The van der Waals surface area contributed by atoms with E-state index in [2.05, 4.69) is 11.6 Å². The van der Waals surface area contributed by atoms with Crippen molar-refractivity contribution in [2.24, 2.45) is 0 Å². The molecule has 0 aliphatic carbocycles. The fraction of sp³-hybridized carbons (Fsp3) is 0.227. The molecule has 0 aliphatic heterocycles. The number of hydrogen-bond donors (Lipinski definition) is 2. The van der Waals surface area contributed by atoms with Crippen LogP contribution in [0, 0.1) is 5.82 Å². The van der Waals surface area contributed by atoms with Gasteiger partial charge in [0.1, 0.15) is 11.6 Å². The topological polar surface area (TPSA) is 92.7 Å². The summed E-state index contributed by atoms with van der Waals surface area (Å²) in [5.41, 5.74) is -0.663. The molecule has 2 N–H and O–H groups in total. The van der Waals surface area contributed by atoms with Gasteiger partial charge in [0.15, 0.2) is 0 Å². The predicted molar refractivity (Wildman–Crippen MR) is 113 cm³/mol. The van der Waals surface area contributed by atoms with Crippen LogP contribution in [-0.4, -0.2) is 25.6 Å². The highest BCUT2D eigenvalue weighted by Crippen LogP contribution is 2.33. The second-order valence-electron chi connectivity index (χ2n) is 6.93. The molecule has 3 rings (SSSR count). The van der Waals surface area contributed by atoms with Crippen LogP contribution in [0.15, 0.2) is 59.5 Å². The lowest BCUT2D eigenvalue weighted by atomic mass is 10.1. The second-order valence-corrected chi connectivity index (χ2v) is 8.58. The van der Waals surface area contributed by atoms with Crippen LogP contribution in [0.1, 0.15) is 37.0 Å². The molecular formula is C22H22FNO5S. The molecule has 0 amide bonds. The number of rotatable bonds is 8. The molecule has 0 aliphatic rings. The van der Waals surface area contributed by atoms with Crippen LogP contribution < -0.4 is 9.46 Å². The van der Waals surface area contributed by atoms with Crippen LogP contribution in [0.25, 0.3) is 10.8 Å². The van der Waals surface area contributed by atoms with E-state index in [1.807, 2.05) is 6.92 Å². The molecular weight excluding hydrogens is 409 g/mol. The van der Waals surface area contributed by atoms with Gasteiger partial charge in [0.05, 0.1) is 16.6 Å². The third-order valence-corrected chi connectivity index (χ3v) is 6.05. The van der Waals surface area contributed by atoms with Crippen molar-refractivity contribution in [3.63, 3.8) is 0 Å². The Kier molecular flexibility index (Phi) is 6.26. The van der Waals surface area contributed by atoms with E-state index in [1.54, 1.807) is 30.3 Å². The number of sulfonamides is 1. The number of hydrogen-bond acceptors (Lipinski definition) is 4. The molecule has 8 heteroatoms. The summed E-state index contributed by atoms with van der Waals surface area (Å²) < 4.78 is 48.0. The minimum atomic E-state index is -4.07. The van der Waals surface area contributed by atoms with E-state index >= 15 is 0 Å². The van der Waals surface area contributed by atoms with Crippen LogP contribution in [0.3, 0.4) is 0 Å². The van der Waals surface area contributed by atoms with E-state index in [1.165, 1.54) is 12.1 Å². The molecule has 0 spiro atoms. The van der Waals surface area contributed by atoms with Crippen molar-refractivity contribution in [2.45, 2.75) is 37.7 Å². The Labute approximate surface area is 174 Å². The van der Waals surface area contributed by atoms with Crippen molar-refractivity contribution in [3.8, 4) is 5.75 Å². The van der Waals surface area contributed by atoms with E-state index < -0.39 is 27.4 Å². The molecule has 1 unspecified atom stereocenters. The number of ether oxygens (including phenoxy) is 1. The van der Waals surface area contributed by atoms with Crippen molar-refractivity contribution >= 4 is 32.5 Å². The van der Waals surface area contributed by atoms with Gasteiger partial charge in [-0.25, -0.2) is 17.6 Å². The van der Waals surface area contributed by atoms with Gasteiger partial charge in [0, 0.05) is 16.5 Å². The number of anilines is 1. The Balaban J connectivity index is 2.02. The Morgan fingerprint density at radius 1 is 1.13 bits per heavy atom. The van der Waals surface area contributed by atoms with Crippen molar-refractivity contribution in [1.82, 2.24) is 0 Å². The monoisotopic (exact) mass is 431 g/mol. The molecule has 0 saturated carbocycles. The lowest BCUT2D eigenvalue weighted by molar-refractivity contribution is 0.0692. The van der Waals surface area contributed by atoms with Gasteiger partial charge in [0.25, 0.3) is 10.0 Å². The van der Waals surface area contributed by atoms with Crippen LogP contribution in [0.5, 0.6) is 5.75 Å². The first-order chi connectivity index (χ1) is 14.2. The molecule has 0 radical (unpaired) electrons. The van der Waals surface area contributed by atoms with E-state index in [-0.39, 0.29) is 16.7 Å². The molecule has 3 aromatic carbocycles. The van der Waals surface area contributed by atoms with Crippen LogP contribution in [-0.2, 0) is 10.0 Å². The lowest BCUT2D eigenvalue weighted by Crippen LogP contribution is -2.15. The Hall–Kier alpha value is -3.13. The predicted octanol–water partition coefficient (Wildman–Crippen LogP) is 5.05. The summed E-state index contributed by atoms with van der Waals surface area (Å²) in [6.45, 7) is 4.02. The number of aromatic carboxylic acids is 1. The number of fused-ring (bicyclic) bond motifs is 1. The van der Waals surface area contributed by atoms with Gasteiger partial charge in [-0.1, -0.05) is 37.6 Å². The molecule has 0 saturated heterocycles. The first-order valence-corrected chi connectivity index (χ1v) is 11.0. The zero-order valence-electron chi connectivity index (χ0n) is 16.6. The first-order valence-electron chi connectivity index (χ1n) is 9.47. The van der Waals surface area contributed by atoms with E-state index in [0.717, 1.165) is 25.0 Å². The van der Waals surface area contributed by atoms with Crippen molar-refractivity contribution in [3.05, 3.63) is 66.0 Å². The summed E-state index contributed by atoms with van der Waals surface area (Å²) in [7, 11) is -4.07. The van der Waals surface area contributed by atoms with Crippen LogP contribution in [0.4, 0.5) is 10.1 Å². The molecule has 0 bridgehead atoms. The average molecular weight is 431 g/mol. The van der Waals surface area contributed by atoms with Crippen LogP contribution in [0.2, 0.25) is 0 Å². The maximum absolute atomic E-state index is 13.6. The summed E-state index contributed by atoms with van der Waals surface area (Å²) in [5, 5.41) is 10.2. The van der Waals surface area contributed by atoms with E-state index in [4.69, 9.17) is 9.84 Å². The second kappa shape index (κ2) is 8.71. The number of halogens is 1. The first kappa shape index (κ1) is 21.6. The van der Waals surface area contributed by atoms with Gasteiger partial charge in [0.2, 0.25) is 0 Å². The highest BCUT2D eigenvalue weighted by atomic mass is 32.2. The average Bonchev–Trinajstić information content (AvgIpc) is 2.69. The number of nitrogens with one attached hydrogen (secondary N) is 1. The molecule has 1 atom stereocenters. The fourth-order valence-electron chi connectivity index (χ4n) is 3.23. The SMILES string of the molecule is CCCC(C)Oc1ccc(S(=O)(=O)Nc2ccc(F)c(C(=O)O)c2)c2ccccc12. The largest absolute Gasteiger partial charge is 0.490 e. The summed E-state index contributed by atoms with van der Waals surface area (Å²) in [4.78, 5) is 11.1. The smallest absolute Gasteiger partial charge is 0.338 e. The Morgan fingerprint density at radius 3 is 2.50 bits per heavy atom. The van der Waals surface area contributed by atoms with Gasteiger partial charge in [-0.05, 0) is 43.7 Å². The third kappa shape index (κ3) is 4.54. The quantitative estimate of drug-likeness (QED) is 0.521. The minimum Gasteiger partial charge on any atom is -0.490 e. The molecule has 6 nitrogen and oxygen atoms in total. The zero-order chi connectivity index (χ0) is 21.9. The van der Waals surface area contributed by atoms with E-state index in [9.17, 15) is 17.6 Å². The highest BCUT2D eigenvalue weighted by Gasteiger charge is 2.21. The third-order valence-electron chi connectivity index (χ3n) is 4.61. The molecule has 0 heterocycles. The number of benzene rings is 3. The van der Waals surface area contributed by atoms with Gasteiger partial charge < -0.3 is 9.84 Å². The van der Waals surface area contributed by atoms with Crippen molar-refractivity contribution in [2.75, 3.05) is 4.72 Å². The molecule has 30 heavy (non-hydrogen) atoms. The highest BCUT2D eigenvalue weighted by molar-refractivity contribution is 7.93. The standard InChI is InChI=1S/C22H22FNO5S/c1-3-6-14(2)29-20-11-12-21(17-8-5-4-7-16(17)20)30(27,28)24-15-9-10-19(23)18(13-15)22(25)26/h4-5,7-14,24H,3,6H2,1-2H3,(H,25,26). The summed E-state index contributed by atoms with van der Waals surface area (Å²) in [6, 6.07) is 13.1. The molecule has 3 aromatic rings. The van der Waals surface area contributed by atoms with Crippen molar-refractivity contribution in [1.29, 1.82) is 0 Å². The van der Waals surface area contributed by atoms with Crippen LogP contribution >= 0.6 is 0 Å². The summed E-state index contributed by atoms with van der Waals surface area (Å²) in [6.07, 6.45) is 1.81. The number of carboxylic acids is 1. The summed E-state index contributed by atoms with van der Waals surface area (Å²) in [5.74, 6) is -1.85. The Bertz CT molecular complexity index is 1190. The van der Waals surface area contributed by atoms with Gasteiger partial charge in [-0.3, -0.25) is 4.72 Å². The van der Waals surface area contributed by atoms with Gasteiger partial charge in [-0.15, -0.1) is 0 Å². The fourth-order valence-corrected chi connectivity index (χ4v) is 4.49. The van der Waals surface area contributed by atoms with E-state index in [0.29, 0.717) is 16.5 Å².